The second-order valence-electron chi connectivity index (χ2n) is 7.61. The van der Waals surface area contributed by atoms with Crippen LogP contribution in [-0.4, -0.2) is 53.7 Å². The van der Waals surface area contributed by atoms with Gasteiger partial charge in [-0.25, -0.2) is 4.98 Å². The molecule has 5 nitrogen and oxygen atoms in total. The van der Waals surface area contributed by atoms with E-state index in [0.717, 1.165) is 51.3 Å². The third kappa shape index (κ3) is 4.14. The standard InChI is InChI=1S/C20H31N3O2/c1-2-20(16-24)9-13-23(14-10-20)19(25)17-7-8-18(21-15-17)22-11-5-3-4-6-12-22/h7-8,15,24H,2-6,9-14,16H2,1H3. The number of aromatic nitrogens is 1. The lowest BCUT2D eigenvalue weighted by molar-refractivity contribution is 0.0338. The second kappa shape index (κ2) is 8.17. The van der Waals surface area contributed by atoms with Crippen molar-refractivity contribution in [3.05, 3.63) is 23.9 Å². The topological polar surface area (TPSA) is 56.7 Å². The van der Waals surface area contributed by atoms with E-state index in [2.05, 4.69) is 16.8 Å². The fourth-order valence-corrected chi connectivity index (χ4v) is 3.99. The molecule has 3 rings (SSSR count). The molecule has 0 aliphatic carbocycles. The smallest absolute Gasteiger partial charge is 0.255 e. The molecule has 5 heteroatoms. The Balaban J connectivity index is 1.61. The first kappa shape index (κ1) is 18.2. The summed E-state index contributed by atoms with van der Waals surface area (Å²) in [5, 5.41) is 9.64. The van der Waals surface area contributed by atoms with Crippen LogP contribution in [0.5, 0.6) is 0 Å². The number of aliphatic hydroxyl groups is 1. The molecule has 0 saturated carbocycles. The van der Waals surface area contributed by atoms with Crippen molar-refractivity contribution >= 4 is 11.7 Å². The van der Waals surface area contributed by atoms with Crippen LogP contribution >= 0.6 is 0 Å². The minimum Gasteiger partial charge on any atom is -0.396 e. The SMILES string of the molecule is CCC1(CO)CCN(C(=O)c2ccc(N3CCCCCC3)nc2)CC1. The Labute approximate surface area is 151 Å². The van der Waals surface area contributed by atoms with E-state index in [1.54, 1.807) is 6.20 Å². The van der Waals surface area contributed by atoms with Crippen molar-refractivity contribution in [1.29, 1.82) is 0 Å². The molecule has 1 aromatic rings. The van der Waals surface area contributed by atoms with Gasteiger partial charge in [0.15, 0.2) is 0 Å². The molecule has 0 radical (unpaired) electrons. The molecule has 0 aromatic carbocycles. The molecule has 2 fully saturated rings. The zero-order chi connectivity index (χ0) is 17.7. The molecule has 1 aromatic heterocycles. The number of pyridine rings is 1. The van der Waals surface area contributed by atoms with Crippen molar-refractivity contribution in [2.45, 2.75) is 51.9 Å². The monoisotopic (exact) mass is 345 g/mol. The maximum Gasteiger partial charge on any atom is 0.255 e. The third-order valence-corrected chi connectivity index (χ3v) is 6.12. The molecule has 2 saturated heterocycles. The normalized spacial score (nSPS) is 21.0. The third-order valence-electron chi connectivity index (χ3n) is 6.12. The van der Waals surface area contributed by atoms with E-state index in [9.17, 15) is 9.90 Å². The highest BCUT2D eigenvalue weighted by atomic mass is 16.3. The predicted molar refractivity (Wildman–Crippen MR) is 99.9 cm³/mol. The van der Waals surface area contributed by atoms with Crippen molar-refractivity contribution in [2.75, 3.05) is 37.7 Å². The fraction of sp³-hybridized carbons (Fsp3) is 0.700. The molecule has 0 spiro atoms. The lowest BCUT2D eigenvalue weighted by atomic mass is 9.77. The number of amides is 1. The Morgan fingerprint density at radius 3 is 2.32 bits per heavy atom. The van der Waals surface area contributed by atoms with Crippen LogP contribution in [0.25, 0.3) is 0 Å². The van der Waals surface area contributed by atoms with Crippen LogP contribution in [0, 0.1) is 5.41 Å². The molecule has 1 N–H and O–H groups in total. The Morgan fingerprint density at radius 1 is 1.12 bits per heavy atom. The Kier molecular flexibility index (Phi) is 5.94. The van der Waals surface area contributed by atoms with Gasteiger partial charge in [0.25, 0.3) is 5.91 Å². The molecule has 138 valence electrons. The average Bonchev–Trinajstić information content (AvgIpc) is 2.97. The van der Waals surface area contributed by atoms with Crippen LogP contribution in [0.15, 0.2) is 18.3 Å². The molecular formula is C20H31N3O2. The van der Waals surface area contributed by atoms with Gasteiger partial charge in [0, 0.05) is 39.0 Å². The summed E-state index contributed by atoms with van der Waals surface area (Å²) >= 11 is 0. The average molecular weight is 345 g/mol. The molecule has 1 amide bonds. The van der Waals surface area contributed by atoms with Crippen molar-refractivity contribution in [2.24, 2.45) is 5.41 Å². The number of nitrogens with zero attached hydrogens (tertiary/aromatic N) is 3. The van der Waals surface area contributed by atoms with Gasteiger partial charge in [-0.15, -0.1) is 0 Å². The van der Waals surface area contributed by atoms with Crippen LogP contribution in [-0.2, 0) is 0 Å². The van der Waals surface area contributed by atoms with E-state index in [0.29, 0.717) is 5.56 Å². The number of rotatable bonds is 4. The first-order chi connectivity index (χ1) is 12.2. The van der Waals surface area contributed by atoms with E-state index >= 15 is 0 Å². The summed E-state index contributed by atoms with van der Waals surface area (Å²) in [7, 11) is 0. The van der Waals surface area contributed by atoms with Gasteiger partial charge < -0.3 is 14.9 Å². The van der Waals surface area contributed by atoms with Gasteiger partial charge in [0.05, 0.1) is 5.56 Å². The van der Waals surface area contributed by atoms with Gasteiger partial charge in [-0.3, -0.25) is 4.79 Å². The van der Waals surface area contributed by atoms with E-state index in [1.165, 1.54) is 25.7 Å². The quantitative estimate of drug-likeness (QED) is 0.911. The van der Waals surface area contributed by atoms with Crippen LogP contribution in [0.2, 0.25) is 0 Å². The minimum atomic E-state index is 0.00561. The molecule has 0 bridgehead atoms. The number of anilines is 1. The van der Waals surface area contributed by atoms with Crippen LogP contribution < -0.4 is 4.90 Å². The number of carbonyl (C=O) groups is 1. The number of aliphatic hydroxyl groups excluding tert-OH is 1. The highest BCUT2D eigenvalue weighted by molar-refractivity contribution is 5.94. The van der Waals surface area contributed by atoms with E-state index in [4.69, 9.17) is 0 Å². The highest BCUT2D eigenvalue weighted by Gasteiger charge is 2.34. The first-order valence-corrected chi connectivity index (χ1v) is 9.78. The molecular weight excluding hydrogens is 314 g/mol. The predicted octanol–water partition coefficient (Wildman–Crippen LogP) is 3.09. The van der Waals surface area contributed by atoms with Crippen molar-refractivity contribution in [1.82, 2.24) is 9.88 Å². The van der Waals surface area contributed by atoms with E-state index in [-0.39, 0.29) is 17.9 Å². The number of piperidine rings is 1. The van der Waals surface area contributed by atoms with Crippen molar-refractivity contribution in [3.8, 4) is 0 Å². The minimum absolute atomic E-state index is 0.00561. The van der Waals surface area contributed by atoms with Gasteiger partial charge >= 0.3 is 0 Å². The van der Waals surface area contributed by atoms with Gasteiger partial charge in [0.1, 0.15) is 5.82 Å². The Morgan fingerprint density at radius 2 is 1.80 bits per heavy atom. The number of carbonyl (C=O) groups excluding carboxylic acids is 1. The largest absolute Gasteiger partial charge is 0.396 e. The van der Waals surface area contributed by atoms with Gasteiger partial charge in [-0.05, 0) is 49.7 Å². The summed E-state index contributed by atoms with van der Waals surface area (Å²) in [6.45, 7) is 5.92. The summed E-state index contributed by atoms with van der Waals surface area (Å²) in [5.74, 6) is 1.06. The van der Waals surface area contributed by atoms with Gasteiger partial charge in [0.2, 0.25) is 0 Å². The van der Waals surface area contributed by atoms with Crippen LogP contribution in [0.3, 0.4) is 0 Å². The highest BCUT2D eigenvalue weighted by Crippen LogP contribution is 2.34. The summed E-state index contributed by atoms with van der Waals surface area (Å²) in [5.41, 5.74) is 0.678. The van der Waals surface area contributed by atoms with Crippen molar-refractivity contribution in [3.63, 3.8) is 0 Å². The van der Waals surface area contributed by atoms with Gasteiger partial charge in [-0.1, -0.05) is 19.8 Å². The summed E-state index contributed by atoms with van der Waals surface area (Å²) < 4.78 is 0. The maximum absolute atomic E-state index is 12.7. The Hall–Kier alpha value is -1.62. The maximum atomic E-state index is 12.7. The van der Waals surface area contributed by atoms with Crippen LogP contribution in [0.1, 0.15) is 62.2 Å². The summed E-state index contributed by atoms with van der Waals surface area (Å²) in [6, 6.07) is 3.91. The number of likely N-dealkylation sites (tertiary alicyclic amines) is 1. The zero-order valence-electron chi connectivity index (χ0n) is 15.4. The van der Waals surface area contributed by atoms with Crippen LogP contribution in [0.4, 0.5) is 5.82 Å². The molecule has 0 atom stereocenters. The van der Waals surface area contributed by atoms with E-state index in [1.807, 2.05) is 17.0 Å². The molecule has 25 heavy (non-hydrogen) atoms. The number of hydrogen-bond acceptors (Lipinski definition) is 4. The lowest BCUT2D eigenvalue weighted by Crippen LogP contribution is -2.44. The lowest BCUT2D eigenvalue weighted by Gasteiger charge is -2.40. The summed E-state index contributed by atoms with van der Waals surface area (Å²) in [4.78, 5) is 21.5. The molecule has 0 unspecified atom stereocenters. The number of hydrogen-bond donors (Lipinski definition) is 1. The van der Waals surface area contributed by atoms with Gasteiger partial charge in [-0.2, -0.15) is 0 Å². The fourth-order valence-electron chi connectivity index (χ4n) is 3.99. The molecule has 2 aliphatic heterocycles. The second-order valence-corrected chi connectivity index (χ2v) is 7.61. The molecule has 3 heterocycles. The van der Waals surface area contributed by atoms with E-state index < -0.39 is 0 Å². The summed E-state index contributed by atoms with van der Waals surface area (Å²) in [6.07, 6.45) is 9.51. The Bertz CT molecular complexity index is 551. The molecule has 2 aliphatic rings. The first-order valence-electron chi connectivity index (χ1n) is 9.78. The van der Waals surface area contributed by atoms with Crippen molar-refractivity contribution < 1.29 is 9.90 Å². The zero-order valence-corrected chi connectivity index (χ0v) is 15.4.